The second-order valence-corrected chi connectivity index (χ2v) is 13.4. The molecule has 1 N–H and O–H groups in total. The fraction of sp³-hybridized carbons (Fsp3) is 0.966. The van der Waals surface area contributed by atoms with Crippen molar-refractivity contribution in [3.63, 3.8) is 0 Å². The second kappa shape index (κ2) is 8.90. The molecule has 4 rings (SSSR count). The van der Waals surface area contributed by atoms with Crippen LogP contribution in [0.1, 0.15) is 119 Å². The number of carbonyl (C=O) groups is 1. The summed E-state index contributed by atoms with van der Waals surface area (Å²) in [5.41, 5.74) is -0.184. The highest BCUT2D eigenvalue weighted by Crippen LogP contribution is 2.69. The molecular formula is C29H50O3. The number of ether oxygens (including phenoxy) is 1. The van der Waals surface area contributed by atoms with Crippen LogP contribution in [0.5, 0.6) is 0 Å². The van der Waals surface area contributed by atoms with Crippen molar-refractivity contribution in [3.8, 4) is 0 Å². The number of fused-ring (bicyclic) bond motifs is 5. The van der Waals surface area contributed by atoms with Crippen molar-refractivity contribution in [1.29, 1.82) is 0 Å². The molecule has 0 heterocycles. The van der Waals surface area contributed by atoms with Gasteiger partial charge in [0.15, 0.2) is 0 Å². The Kier molecular flexibility index (Phi) is 6.83. The van der Waals surface area contributed by atoms with Crippen LogP contribution >= 0.6 is 0 Å². The van der Waals surface area contributed by atoms with Gasteiger partial charge in [-0.25, -0.2) is 0 Å². The zero-order chi connectivity index (χ0) is 23.3. The van der Waals surface area contributed by atoms with E-state index in [1.807, 2.05) is 0 Å². The van der Waals surface area contributed by atoms with Crippen molar-refractivity contribution in [1.82, 2.24) is 0 Å². The Hall–Kier alpha value is -0.570. The third-order valence-electron chi connectivity index (χ3n) is 11.3. The molecule has 4 saturated carbocycles. The standard InChI is InChI=1S/C29H50O3/c1-19(2)8-7-9-20(3)24-10-11-25-23-13-17-29(31)18-22(32-21(4)30)12-16-28(29,6)26(23)14-15-27(24,25)5/h19-20,22-26,31H,7-18H2,1-6H3/t20-,22+,23-,24+,25+,26-,27-,28-,29-/m1/s1. The van der Waals surface area contributed by atoms with Gasteiger partial charge < -0.3 is 9.84 Å². The summed E-state index contributed by atoms with van der Waals surface area (Å²) < 4.78 is 5.56. The van der Waals surface area contributed by atoms with Gasteiger partial charge >= 0.3 is 5.97 Å². The van der Waals surface area contributed by atoms with Gasteiger partial charge in [0.2, 0.25) is 0 Å². The van der Waals surface area contributed by atoms with Crippen LogP contribution < -0.4 is 0 Å². The van der Waals surface area contributed by atoms with Crippen molar-refractivity contribution in [3.05, 3.63) is 0 Å². The highest BCUT2D eigenvalue weighted by molar-refractivity contribution is 5.66. The molecule has 9 atom stereocenters. The lowest BCUT2D eigenvalue weighted by molar-refractivity contribution is -0.224. The second-order valence-electron chi connectivity index (χ2n) is 13.4. The molecule has 0 spiro atoms. The van der Waals surface area contributed by atoms with Crippen LogP contribution in [-0.2, 0) is 9.53 Å². The van der Waals surface area contributed by atoms with Crippen LogP contribution in [0.25, 0.3) is 0 Å². The van der Waals surface area contributed by atoms with Gasteiger partial charge in [-0.1, -0.05) is 53.9 Å². The van der Waals surface area contributed by atoms with Crippen LogP contribution in [0.15, 0.2) is 0 Å². The van der Waals surface area contributed by atoms with Gasteiger partial charge in [0, 0.05) is 13.3 Å². The van der Waals surface area contributed by atoms with E-state index in [0.717, 1.165) is 55.3 Å². The minimum Gasteiger partial charge on any atom is -0.462 e. The van der Waals surface area contributed by atoms with Gasteiger partial charge in [-0.15, -0.1) is 0 Å². The van der Waals surface area contributed by atoms with Crippen molar-refractivity contribution in [2.75, 3.05) is 0 Å². The predicted octanol–water partition coefficient (Wildman–Crippen LogP) is 7.15. The molecule has 0 aromatic rings. The van der Waals surface area contributed by atoms with E-state index in [4.69, 9.17) is 4.74 Å². The van der Waals surface area contributed by atoms with Gasteiger partial charge in [0.05, 0.1) is 5.60 Å². The zero-order valence-corrected chi connectivity index (χ0v) is 21.8. The Bertz CT molecular complexity index is 688. The largest absolute Gasteiger partial charge is 0.462 e. The number of carbonyl (C=O) groups excluding carboxylic acids is 1. The molecule has 4 aliphatic carbocycles. The van der Waals surface area contributed by atoms with Crippen molar-refractivity contribution in [2.45, 2.75) is 130 Å². The monoisotopic (exact) mass is 446 g/mol. The SMILES string of the molecule is CC(=O)O[C@H]1CC[C@]2(C)[C@@H]3CC[C@@]4(C)[C@@H](CC[C@H]4[C@H](C)CCCC(C)C)[C@H]3CC[C@@]2(O)C1. The maximum Gasteiger partial charge on any atom is 0.302 e. The lowest BCUT2D eigenvalue weighted by Gasteiger charge is -2.64. The Morgan fingerprint density at radius 2 is 1.72 bits per heavy atom. The fourth-order valence-electron chi connectivity index (χ4n) is 9.57. The lowest BCUT2D eigenvalue weighted by atomic mass is 9.43. The zero-order valence-electron chi connectivity index (χ0n) is 21.8. The summed E-state index contributed by atoms with van der Waals surface area (Å²) in [7, 11) is 0. The molecule has 4 aliphatic rings. The number of hydrogen-bond acceptors (Lipinski definition) is 3. The highest BCUT2D eigenvalue weighted by Gasteiger charge is 2.64. The predicted molar refractivity (Wildman–Crippen MR) is 130 cm³/mol. The van der Waals surface area contributed by atoms with E-state index < -0.39 is 5.60 Å². The molecular weight excluding hydrogens is 396 g/mol. The number of rotatable bonds is 6. The summed E-state index contributed by atoms with van der Waals surface area (Å²) >= 11 is 0. The summed E-state index contributed by atoms with van der Waals surface area (Å²) in [5.74, 6) is 4.59. The molecule has 3 nitrogen and oxygen atoms in total. The first kappa shape index (κ1) is 24.6. The van der Waals surface area contributed by atoms with Crippen LogP contribution in [0, 0.1) is 46.3 Å². The Balaban J connectivity index is 1.47. The minimum absolute atomic E-state index is 0.0190. The van der Waals surface area contributed by atoms with Gasteiger partial charge in [0.25, 0.3) is 0 Å². The highest BCUT2D eigenvalue weighted by atomic mass is 16.5. The molecule has 0 bridgehead atoms. The first-order valence-electron chi connectivity index (χ1n) is 13.9. The summed E-state index contributed by atoms with van der Waals surface area (Å²) in [6.45, 7) is 13.8. The normalized spacial score (nSPS) is 46.8. The number of hydrogen-bond donors (Lipinski definition) is 1. The molecule has 0 aromatic heterocycles. The summed E-state index contributed by atoms with van der Waals surface area (Å²) in [5, 5.41) is 11.9. The first-order valence-corrected chi connectivity index (χ1v) is 13.9. The average Bonchev–Trinajstić information content (AvgIpc) is 3.05. The van der Waals surface area contributed by atoms with E-state index in [-0.39, 0.29) is 17.5 Å². The van der Waals surface area contributed by atoms with E-state index in [1.54, 1.807) is 0 Å². The molecule has 0 aromatic carbocycles. The molecule has 0 radical (unpaired) electrons. The van der Waals surface area contributed by atoms with Crippen LogP contribution in [0.2, 0.25) is 0 Å². The summed E-state index contributed by atoms with van der Waals surface area (Å²) in [6.07, 6.45) is 14.1. The maximum absolute atomic E-state index is 11.9. The Labute approximate surface area is 197 Å². The van der Waals surface area contributed by atoms with Crippen molar-refractivity contribution < 1.29 is 14.6 Å². The Morgan fingerprint density at radius 1 is 0.969 bits per heavy atom. The average molecular weight is 447 g/mol. The maximum atomic E-state index is 11.9. The molecule has 184 valence electrons. The van der Waals surface area contributed by atoms with Gasteiger partial charge in [0.1, 0.15) is 6.10 Å². The number of esters is 1. The quantitative estimate of drug-likeness (QED) is 0.440. The van der Waals surface area contributed by atoms with Gasteiger partial charge in [-0.2, -0.15) is 0 Å². The molecule has 0 unspecified atom stereocenters. The van der Waals surface area contributed by atoms with Crippen molar-refractivity contribution in [2.24, 2.45) is 46.3 Å². The van der Waals surface area contributed by atoms with Crippen LogP contribution in [-0.4, -0.2) is 22.8 Å². The molecule has 4 fully saturated rings. The van der Waals surface area contributed by atoms with E-state index >= 15 is 0 Å². The smallest absolute Gasteiger partial charge is 0.302 e. The van der Waals surface area contributed by atoms with Gasteiger partial charge in [-0.05, 0) is 97.7 Å². The summed E-state index contributed by atoms with van der Waals surface area (Å²) in [4.78, 5) is 11.5. The van der Waals surface area contributed by atoms with Crippen molar-refractivity contribution >= 4 is 5.97 Å². The van der Waals surface area contributed by atoms with E-state index in [2.05, 4.69) is 34.6 Å². The van der Waals surface area contributed by atoms with Crippen LogP contribution in [0.4, 0.5) is 0 Å². The molecule has 3 heteroatoms. The molecule has 0 saturated heterocycles. The fourth-order valence-corrected chi connectivity index (χ4v) is 9.57. The molecule has 0 aliphatic heterocycles. The Morgan fingerprint density at radius 3 is 2.41 bits per heavy atom. The third kappa shape index (κ3) is 4.07. The summed E-state index contributed by atoms with van der Waals surface area (Å²) in [6, 6.07) is 0. The molecule has 32 heavy (non-hydrogen) atoms. The lowest BCUT2D eigenvalue weighted by Crippen LogP contribution is -2.63. The van der Waals surface area contributed by atoms with Gasteiger partial charge in [-0.3, -0.25) is 4.79 Å². The third-order valence-corrected chi connectivity index (χ3v) is 11.3. The molecule has 0 amide bonds. The topological polar surface area (TPSA) is 46.5 Å². The minimum atomic E-state index is -0.664. The van der Waals surface area contributed by atoms with E-state index in [0.29, 0.717) is 17.8 Å². The van der Waals surface area contributed by atoms with Crippen LogP contribution in [0.3, 0.4) is 0 Å². The van der Waals surface area contributed by atoms with E-state index in [9.17, 15) is 9.90 Å². The van der Waals surface area contributed by atoms with E-state index in [1.165, 1.54) is 51.9 Å². The first-order chi connectivity index (χ1) is 15.0. The number of aliphatic hydroxyl groups is 1.